The van der Waals surface area contributed by atoms with Gasteiger partial charge in [-0.15, -0.1) is 0 Å². The van der Waals surface area contributed by atoms with E-state index in [0.717, 1.165) is 25.0 Å². The van der Waals surface area contributed by atoms with E-state index in [0.29, 0.717) is 0 Å². The van der Waals surface area contributed by atoms with E-state index in [1.54, 1.807) is 0 Å². The van der Waals surface area contributed by atoms with E-state index in [2.05, 4.69) is 20.7 Å². The number of rotatable bonds is 5. The molecule has 1 saturated carbocycles. The average Bonchev–Trinajstić information content (AvgIpc) is 3.18. The van der Waals surface area contributed by atoms with Crippen molar-refractivity contribution in [2.75, 3.05) is 6.54 Å². The summed E-state index contributed by atoms with van der Waals surface area (Å²) in [4.78, 5) is -0.780. The Balaban J connectivity index is 2.39. The summed E-state index contributed by atoms with van der Waals surface area (Å²) in [6.07, 6.45) is -3.10. The van der Waals surface area contributed by atoms with Gasteiger partial charge in [0.25, 0.3) is 0 Å². The Labute approximate surface area is 129 Å². The largest absolute Gasteiger partial charge is 0.417 e. The maximum absolute atomic E-state index is 13.0. The lowest BCUT2D eigenvalue weighted by molar-refractivity contribution is -0.139. The summed E-state index contributed by atoms with van der Waals surface area (Å²) in [7, 11) is -4.28. The summed E-state index contributed by atoms with van der Waals surface area (Å²) in [5.74, 6) is 0.106. The topological polar surface area (TPSA) is 72.2 Å². The summed E-state index contributed by atoms with van der Waals surface area (Å²) in [5, 5.41) is 0. The van der Waals surface area contributed by atoms with Crippen LogP contribution >= 0.6 is 15.9 Å². The van der Waals surface area contributed by atoms with Gasteiger partial charge in [-0.2, -0.15) is 13.2 Å². The number of hydrogen-bond acceptors (Lipinski definition) is 3. The van der Waals surface area contributed by atoms with E-state index in [1.165, 1.54) is 6.07 Å². The standard InChI is InChI=1S/C12H14BrF3N2O2S/c13-8-3-4-11(9(5-8)12(14,15)16)21(19,20)18-10(6-17)7-1-2-7/h3-5,7,10,18H,1-2,6,17H2. The number of hydrogen-bond donors (Lipinski definition) is 2. The lowest BCUT2D eigenvalue weighted by atomic mass is 10.2. The van der Waals surface area contributed by atoms with Gasteiger partial charge in [-0.05, 0) is 37.0 Å². The molecular formula is C12H14BrF3N2O2S. The molecule has 0 heterocycles. The number of benzene rings is 1. The monoisotopic (exact) mass is 386 g/mol. The number of nitrogens with two attached hydrogens (primary N) is 1. The third kappa shape index (κ3) is 3.97. The summed E-state index contributed by atoms with van der Waals surface area (Å²) in [5.41, 5.74) is 4.29. The van der Waals surface area contributed by atoms with Crippen LogP contribution in [0, 0.1) is 5.92 Å². The SMILES string of the molecule is NCC(NS(=O)(=O)c1ccc(Br)cc1C(F)(F)F)C1CC1. The molecule has 0 saturated heterocycles. The van der Waals surface area contributed by atoms with Gasteiger partial charge >= 0.3 is 6.18 Å². The highest BCUT2D eigenvalue weighted by atomic mass is 79.9. The first-order valence-electron chi connectivity index (χ1n) is 6.24. The molecule has 4 nitrogen and oxygen atoms in total. The van der Waals surface area contributed by atoms with Crippen LogP contribution in [-0.2, 0) is 16.2 Å². The molecule has 0 aliphatic heterocycles. The first-order valence-corrected chi connectivity index (χ1v) is 8.52. The van der Waals surface area contributed by atoms with Crippen molar-refractivity contribution in [2.24, 2.45) is 11.7 Å². The van der Waals surface area contributed by atoms with Crippen molar-refractivity contribution < 1.29 is 21.6 Å². The average molecular weight is 387 g/mol. The van der Waals surface area contributed by atoms with Gasteiger partial charge in [-0.1, -0.05) is 15.9 Å². The third-order valence-corrected chi connectivity index (χ3v) is 5.33. The predicted octanol–water partition coefficient (Wildman–Crippen LogP) is 2.48. The number of sulfonamides is 1. The van der Waals surface area contributed by atoms with E-state index >= 15 is 0 Å². The zero-order chi connectivity index (χ0) is 15.8. The summed E-state index contributed by atoms with van der Waals surface area (Å²) in [6, 6.07) is 2.43. The molecule has 0 aromatic heterocycles. The molecule has 1 aromatic carbocycles. The van der Waals surface area contributed by atoms with Gasteiger partial charge in [0.1, 0.15) is 0 Å². The van der Waals surface area contributed by atoms with Crippen LogP contribution in [0.1, 0.15) is 18.4 Å². The lowest BCUT2D eigenvalue weighted by Gasteiger charge is -2.19. The van der Waals surface area contributed by atoms with E-state index in [9.17, 15) is 21.6 Å². The maximum atomic E-state index is 13.0. The molecule has 1 atom stereocenters. The third-order valence-electron chi connectivity index (χ3n) is 3.29. The Morgan fingerprint density at radius 3 is 2.48 bits per heavy atom. The summed E-state index contributed by atoms with van der Waals surface area (Å²) >= 11 is 2.92. The number of alkyl halides is 3. The first kappa shape index (κ1) is 16.7. The molecular weight excluding hydrogens is 373 g/mol. The summed E-state index contributed by atoms with van der Waals surface area (Å²) in [6.45, 7) is 0.0573. The Bertz CT molecular complexity index is 630. The molecule has 0 bridgehead atoms. The van der Waals surface area contributed by atoms with Gasteiger partial charge in [0.05, 0.1) is 10.5 Å². The maximum Gasteiger partial charge on any atom is 0.417 e. The first-order chi connectivity index (χ1) is 9.65. The fourth-order valence-electron chi connectivity index (χ4n) is 2.06. The van der Waals surface area contributed by atoms with Crippen molar-refractivity contribution in [2.45, 2.75) is 30.0 Å². The van der Waals surface area contributed by atoms with Crippen LogP contribution in [0.4, 0.5) is 13.2 Å². The fourth-order valence-corrected chi connectivity index (χ4v) is 3.94. The van der Waals surface area contributed by atoms with Gasteiger partial charge in [0, 0.05) is 17.1 Å². The molecule has 1 fully saturated rings. The molecule has 0 spiro atoms. The highest BCUT2D eigenvalue weighted by Gasteiger charge is 2.39. The number of nitrogens with one attached hydrogen (secondary N) is 1. The quantitative estimate of drug-likeness (QED) is 0.816. The van der Waals surface area contributed by atoms with E-state index < -0.39 is 32.7 Å². The van der Waals surface area contributed by atoms with Gasteiger partial charge in [-0.3, -0.25) is 0 Å². The minimum atomic E-state index is -4.76. The van der Waals surface area contributed by atoms with Crippen LogP contribution in [-0.4, -0.2) is 21.0 Å². The van der Waals surface area contributed by atoms with Crippen LogP contribution in [0.15, 0.2) is 27.6 Å². The zero-order valence-electron chi connectivity index (χ0n) is 10.8. The second kappa shape index (κ2) is 5.86. The lowest BCUT2D eigenvalue weighted by Crippen LogP contribution is -2.42. The molecule has 0 amide bonds. The molecule has 1 aliphatic rings. The van der Waals surface area contributed by atoms with Crippen molar-refractivity contribution >= 4 is 26.0 Å². The minimum Gasteiger partial charge on any atom is -0.329 e. The van der Waals surface area contributed by atoms with Crippen LogP contribution < -0.4 is 10.5 Å². The van der Waals surface area contributed by atoms with E-state index in [1.807, 2.05) is 0 Å². The molecule has 1 unspecified atom stereocenters. The van der Waals surface area contributed by atoms with E-state index in [4.69, 9.17) is 5.73 Å². The Morgan fingerprint density at radius 2 is 2.00 bits per heavy atom. The van der Waals surface area contributed by atoms with Gasteiger partial charge in [0.2, 0.25) is 10.0 Å². The smallest absolute Gasteiger partial charge is 0.329 e. The van der Waals surface area contributed by atoms with Crippen LogP contribution in [0.2, 0.25) is 0 Å². The van der Waals surface area contributed by atoms with Crippen molar-refractivity contribution in [1.29, 1.82) is 0 Å². The van der Waals surface area contributed by atoms with Crippen molar-refractivity contribution in [3.05, 3.63) is 28.2 Å². The van der Waals surface area contributed by atoms with Crippen LogP contribution in [0.25, 0.3) is 0 Å². The van der Waals surface area contributed by atoms with Gasteiger partial charge in [-0.25, -0.2) is 13.1 Å². The van der Waals surface area contributed by atoms with Crippen molar-refractivity contribution in [1.82, 2.24) is 4.72 Å². The Morgan fingerprint density at radius 1 is 1.38 bits per heavy atom. The molecule has 3 N–H and O–H groups in total. The van der Waals surface area contributed by atoms with Crippen molar-refractivity contribution in [3.8, 4) is 0 Å². The minimum absolute atomic E-state index is 0.0573. The molecule has 118 valence electrons. The second-order valence-corrected chi connectivity index (χ2v) is 7.54. The molecule has 9 heteroatoms. The molecule has 1 aromatic rings. The van der Waals surface area contributed by atoms with Crippen LogP contribution in [0.3, 0.4) is 0 Å². The second-order valence-electron chi connectivity index (χ2n) is 4.94. The molecule has 0 radical (unpaired) electrons. The zero-order valence-corrected chi connectivity index (χ0v) is 13.2. The van der Waals surface area contributed by atoms with Gasteiger partial charge < -0.3 is 5.73 Å². The van der Waals surface area contributed by atoms with Crippen molar-refractivity contribution in [3.63, 3.8) is 0 Å². The summed E-state index contributed by atoms with van der Waals surface area (Å²) < 4.78 is 65.9. The van der Waals surface area contributed by atoms with E-state index in [-0.39, 0.29) is 16.9 Å². The predicted molar refractivity (Wildman–Crippen MR) is 75.0 cm³/mol. The highest BCUT2D eigenvalue weighted by Crippen LogP contribution is 2.37. The fraction of sp³-hybridized carbons (Fsp3) is 0.500. The molecule has 1 aliphatic carbocycles. The molecule has 2 rings (SSSR count). The normalized spacial score (nSPS) is 17.8. The Hall–Kier alpha value is -0.640. The highest BCUT2D eigenvalue weighted by molar-refractivity contribution is 9.10. The van der Waals surface area contributed by atoms with Crippen LogP contribution in [0.5, 0.6) is 0 Å². The van der Waals surface area contributed by atoms with Gasteiger partial charge in [0.15, 0.2) is 0 Å². The number of halogens is 4. The Kier molecular flexibility index (Phi) is 4.67. The molecule has 21 heavy (non-hydrogen) atoms.